The summed E-state index contributed by atoms with van der Waals surface area (Å²) in [7, 11) is 1.89. The molecule has 4 heterocycles. The van der Waals surface area contributed by atoms with Gasteiger partial charge in [-0.2, -0.15) is 5.10 Å². The van der Waals surface area contributed by atoms with Crippen LogP contribution in [0.4, 0.5) is 5.82 Å². The molecule has 1 saturated heterocycles. The van der Waals surface area contributed by atoms with E-state index in [0.717, 1.165) is 35.9 Å². The molecule has 32 heavy (non-hydrogen) atoms. The van der Waals surface area contributed by atoms with E-state index < -0.39 is 0 Å². The highest BCUT2D eigenvalue weighted by molar-refractivity contribution is 5.64. The summed E-state index contributed by atoms with van der Waals surface area (Å²) in [6, 6.07) is 6.29. The molecule has 0 aromatic carbocycles. The minimum Gasteiger partial charge on any atom is -0.492 e. The van der Waals surface area contributed by atoms with Gasteiger partial charge in [-0.05, 0) is 37.9 Å². The number of pyridine rings is 1. The van der Waals surface area contributed by atoms with Crippen molar-refractivity contribution in [2.45, 2.75) is 43.9 Å². The van der Waals surface area contributed by atoms with Gasteiger partial charge in [-0.15, -0.1) is 0 Å². The molecule has 0 radical (unpaired) electrons. The molecule has 0 spiro atoms. The molecule has 5 rings (SSSR count). The molecular formula is C23H29N7O2. The van der Waals surface area contributed by atoms with Crippen LogP contribution in [0.3, 0.4) is 0 Å². The summed E-state index contributed by atoms with van der Waals surface area (Å²) in [4.78, 5) is 8.95. The van der Waals surface area contributed by atoms with Gasteiger partial charge in [-0.1, -0.05) is 6.08 Å². The minimum atomic E-state index is -0.121. The van der Waals surface area contributed by atoms with E-state index in [-0.39, 0.29) is 12.1 Å². The summed E-state index contributed by atoms with van der Waals surface area (Å²) in [6.45, 7) is 1.81. The Balaban J connectivity index is 1.18. The lowest BCUT2D eigenvalue weighted by Gasteiger charge is -2.29. The van der Waals surface area contributed by atoms with Crippen LogP contribution in [0.5, 0.6) is 11.6 Å². The quantitative estimate of drug-likeness (QED) is 0.548. The molecule has 9 nitrogen and oxygen atoms in total. The molecule has 3 N–H and O–H groups in total. The fourth-order valence-corrected chi connectivity index (χ4v) is 4.22. The van der Waals surface area contributed by atoms with Crippen LogP contribution in [0, 0.1) is 0 Å². The van der Waals surface area contributed by atoms with Crippen LogP contribution in [0.25, 0.3) is 0 Å². The van der Waals surface area contributed by atoms with Gasteiger partial charge in [0.05, 0.1) is 25.2 Å². The first-order chi connectivity index (χ1) is 15.7. The van der Waals surface area contributed by atoms with Crippen LogP contribution in [-0.2, 0) is 7.05 Å². The molecule has 0 bridgehead atoms. The van der Waals surface area contributed by atoms with Crippen molar-refractivity contribution in [1.82, 2.24) is 25.4 Å². The Hall–Kier alpha value is -3.33. The van der Waals surface area contributed by atoms with Crippen molar-refractivity contribution in [3.8, 4) is 11.6 Å². The first-order valence-electron chi connectivity index (χ1n) is 11.2. The molecule has 3 unspecified atom stereocenters. The van der Waals surface area contributed by atoms with Crippen molar-refractivity contribution in [2.75, 3.05) is 18.5 Å². The summed E-state index contributed by atoms with van der Waals surface area (Å²) in [5.41, 5.74) is 1.13. The third-order valence-corrected chi connectivity index (χ3v) is 5.90. The van der Waals surface area contributed by atoms with Crippen LogP contribution >= 0.6 is 0 Å². The summed E-state index contributed by atoms with van der Waals surface area (Å²) >= 11 is 0. The zero-order chi connectivity index (χ0) is 21.8. The molecule has 3 aliphatic rings. The lowest BCUT2D eigenvalue weighted by atomic mass is 9.93. The molecule has 2 aromatic heterocycles. The van der Waals surface area contributed by atoms with Crippen molar-refractivity contribution in [3.05, 3.63) is 54.1 Å². The first-order valence-corrected chi connectivity index (χ1v) is 11.2. The number of ether oxygens (including phenoxy) is 2. The SMILES string of the molecule is Cn1ccc(NC2=C3CC(Oc4ccc(OCCC5CCCN5)cn4)C=CC3N=CN2)n1. The highest BCUT2D eigenvalue weighted by atomic mass is 16.5. The predicted molar refractivity (Wildman–Crippen MR) is 123 cm³/mol. The zero-order valence-corrected chi connectivity index (χ0v) is 18.2. The number of hydrogen-bond donors (Lipinski definition) is 3. The fraction of sp³-hybridized carbons (Fsp3) is 0.435. The molecule has 0 amide bonds. The molecule has 168 valence electrons. The van der Waals surface area contributed by atoms with Crippen molar-refractivity contribution < 1.29 is 9.47 Å². The van der Waals surface area contributed by atoms with Gasteiger partial charge in [0.15, 0.2) is 5.82 Å². The number of fused-ring (bicyclic) bond motifs is 1. The molecule has 1 aliphatic carbocycles. The Morgan fingerprint density at radius 3 is 3.00 bits per heavy atom. The summed E-state index contributed by atoms with van der Waals surface area (Å²) in [6.07, 6.45) is 13.6. The van der Waals surface area contributed by atoms with E-state index in [1.54, 1.807) is 17.2 Å². The van der Waals surface area contributed by atoms with E-state index in [2.05, 4.69) is 43.2 Å². The number of aryl methyl sites for hydroxylation is 1. The average Bonchev–Trinajstić information content (AvgIpc) is 3.47. The second-order valence-electron chi connectivity index (χ2n) is 8.28. The average molecular weight is 436 g/mol. The number of rotatable bonds is 8. The predicted octanol–water partition coefficient (Wildman–Crippen LogP) is 2.37. The Labute approximate surface area is 187 Å². The Bertz CT molecular complexity index is 1010. The fourth-order valence-electron chi connectivity index (χ4n) is 4.22. The highest BCUT2D eigenvalue weighted by Gasteiger charge is 2.27. The number of nitrogens with zero attached hydrogens (tertiary/aromatic N) is 4. The Morgan fingerprint density at radius 1 is 1.25 bits per heavy atom. The van der Waals surface area contributed by atoms with Crippen molar-refractivity contribution in [1.29, 1.82) is 0 Å². The van der Waals surface area contributed by atoms with E-state index in [1.807, 2.05) is 31.4 Å². The highest BCUT2D eigenvalue weighted by Crippen LogP contribution is 2.28. The Morgan fingerprint density at radius 2 is 2.22 bits per heavy atom. The number of nitrogens with one attached hydrogen (secondary N) is 3. The molecule has 2 aromatic rings. The van der Waals surface area contributed by atoms with E-state index in [4.69, 9.17) is 9.47 Å². The van der Waals surface area contributed by atoms with Crippen LogP contribution in [0.15, 0.2) is 59.1 Å². The van der Waals surface area contributed by atoms with Crippen molar-refractivity contribution in [3.63, 3.8) is 0 Å². The second kappa shape index (κ2) is 9.44. The largest absolute Gasteiger partial charge is 0.492 e. The third-order valence-electron chi connectivity index (χ3n) is 5.90. The number of aliphatic imine (C=N–C) groups is 1. The summed E-state index contributed by atoms with van der Waals surface area (Å²) < 4.78 is 13.7. The maximum Gasteiger partial charge on any atom is 0.214 e. The second-order valence-corrected chi connectivity index (χ2v) is 8.28. The van der Waals surface area contributed by atoms with Gasteiger partial charge in [0.2, 0.25) is 5.88 Å². The molecule has 1 fully saturated rings. The van der Waals surface area contributed by atoms with E-state index >= 15 is 0 Å². The minimum absolute atomic E-state index is 0.000375. The van der Waals surface area contributed by atoms with Gasteiger partial charge >= 0.3 is 0 Å². The van der Waals surface area contributed by atoms with Gasteiger partial charge in [-0.25, -0.2) is 4.98 Å². The van der Waals surface area contributed by atoms with Crippen molar-refractivity contribution in [2.24, 2.45) is 12.0 Å². The lowest BCUT2D eigenvalue weighted by molar-refractivity contribution is 0.231. The molecule has 2 aliphatic heterocycles. The Kier molecular flexibility index (Phi) is 6.06. The third kappa shape index (κ3) is 4.94. The van der Waals surface area contributed by atoms with Crippen LogP contribution in [-0.4, -0.2) is 52.4 Å². The van der Waals surface area contributed by atoms with Gasteiger partial charge < -0.3 is 25.4 Å². The lowest BCUT2D eigenvalue weighted by Crippen LogP contribution is -2.34. The monoisotopic (exact) mass is 435 g/mol. The molecule has 3 atom stereocenters. The van der Waals surface area contributed by atoms with Crippen LogP contribution in [0.2, 0.25) is 0 Å². The van der Waals surface area contributed by atoms with Crippen molar-refractivity contribution >= 4 is 12.2 Å². The van der Waals surface area contributed by atoms with E-state index in [0.29, 0.717) is 24.9 Å². The zero-order valence-electron chi connectivity index (χ0n) is 18.2. The van der Waals surface area contributed by atoms with Crippen LogP contribution < -0.4 is 25.4 Å². The van der Waals surface area contributed by atoms with Gasteiger partial charge in [0, 0.05) is 43.4 Å². The standard InChI is InChI=1S/C23H29N7O2/c1-30-11-8-21(29-30)28-23-19-13-17(4-6-20(19)26-15-27-23)32-22-7-5-18(14-25-22)31-12-9-16-3-2-10-24-16/h4-8,11,14-17,20,24H,2-3,9-10,12-13H2,1H3,(H,26,27)(H,28,29). The molecule has 0 saturated carbocycles. The van der Waals surface area contributed by atoms with E-state index in [1.165, 1.54) is 12.8 Å². The summed E-state index contributed by atoms with van der Waals surface area (Å²) in [5, 5.41) is 14.4. The molecule has 9 heteroatoms. The van der Waals surface area contributed by atoms with Crippen LogP contribution in [0.1, 0.15) is 25.7 Å². The number of aromatic nitrogens is 3. The van der Waals surface area contributed by atoms with Gasteiger partial charge in [0.1, 0.15) is 17.7 Å². The smallest absolute Gasteiger partial charge is 0.214 e. The van der Waals surface area contributed by atoms with Gasteiger partial charge in [-0.3, -0.25) is 9.67 Å². The normalized spacial score (nSPS) is 24.2. The topological polar surface area (TPSA) is 97.6 Å². The summed E-state index contributed by atoms with van der Waals surface area (Å²) in [5.74, 6) is 3.03. The number of anilines is 1. The van der Waals surface area contributed by atoms with Gasteiger partial charge in [0.25, 0.3) is 0 Å². The maximum absolute atomic E-state index is 6.12. The maximum atomic E-state index is 6.12. The molecular weight excluding hydrogens is 406 g/mol. The first kappa shape index (κ1) is 20.6. The van der Waals surface area contributed by atoms with E-state index in [9.17, 15) is 0 Å². The number of hydrogen-bond acceptors (Lipinski definition) is 8.